The maximum atomic E-state index is 13.8. The van der Waals surface area contributed by atoms with E-state index in [4.69, 9.17) is 0 Å². The number of carbonyl (C=O) groups excluding carboxylic acids is 2. The Bertz CT molecular complexity index is 1420. The molecular weight excluding hydrogens is 520 g/mol. The zero-order chi connectivity index (χ0) is 28.5. The van der Waals surface area contributed by atoms with E-state index < -0.39 is 47.2 Å². The van der Waals surface area contributed by atoms with Crippen molar-refractivity contribution < 1.29 is 19.5 Å². The number of thioether (sulfide) groups is 1. The van der Waals surface area contributed by atoms with Gasteiger partial charge in [0.1, 0.15) is 18.1 Å². The van der Waals surface area contributed by atoms with Crippen LogP contribution in [0.4, 0.5) is 0 Å². The molecule has 3 rings (SSSR count). The van der Waals surface area contributed by atoms with E-state index in [2.05, 4.69) is 15.6 Å². The van der Waals surface area contributed by atoms with Crippen LogP contribution in [0.25, 0.3) is 10.9 Å². The first-order chi connectivity index (χ1) is 18.7. The van der Waals surface area contributed by atoms with E-state index in [1.807, 2.05) is 19.2 Å². The number of benzene rings is 2. The average molecular weight is 555 g/mol. The SMILES string of the molecule is CC[C@H](C)[C@H](NC(=O)[C@@H](Cc1ccccc1)n1c(=O)[nH]c2ccccc2c1=O)C(=O)N[C@@H](CCSC)C(=O)O. The number of carboxylic acid groups (broad SMARTS) is 1. The van der Waals surface area contributed by atoms with Crippen molar-refractivity contribution in [2.45, 2.75) is 51.2 Å². The first-order valence-corrected chi connectivity index (χ1v) is 14.2. The molecule has 10 nitrogen and oxygen atoms in total. The molecule has 0 aliphatic carbocycles. The van der Waals surface area contributed by atoms with Crippen LogP contribution in [0.5, 0.6) is 0 Å². The number of nitrogens with zero attached hydrogens (tertiary/aromatic N) is 1. The first kappa shape index (κ1) is 29.7. The molecule has 208 valence electrons. The molecule has 2 amide bonds. The molecule has 3 aromatic rings. The molecule has 0 saturated heterocycles. The summed E-state index contributed by atoms with van der Waals surface area (Å²) in [6, 6.07) is 12.0. The molecule has 4 atom stereocenters. The van der Waals surface area contributed by atoms with Crippen molar-refractivity contribution in [1.29, 1.82) is 0 Å². The fourth-order valence-corrected chi connectivity index (χ4v) is 4.78. The van der Waals surface area contributed by atoms with Gasteiger partial charge in [0.15, 0.2) is 0 Å². The summed E-state index contributed by atoms with van der Waals surface area (Å²) in [5, 5.41) is 15.1. The molecule has 0 spiro atoms. The van der Waals surface area contributed by atoms with Crippen LogP contribution >= 0.6 is 11.8 Å². The Kier molecular flexibility index (Phi) is 10.5. The first-order valence-electron chi connectivity index (χ1n) is 12.8. The summed E-state index contributed by atoms with van der Waals surface area (Å²) < 4.78 is 0.884. The molecule has 0 bridgehead atoms. The lowest BCUT2D eigenvalue weighted by atomic mass is 9.96. The van der Waals surface area contributed by atoms with Crippen molar-refractivity contribution >= 4 is 40.4 Å². The minimum atomic E-state index is -1.26. The van der Waals surface area contributed by atoms with Crippen molar-refractivity contribution in [1.82, 2.24) is 20.2 Å². The van der Waals surface area contributed by atoms with E-state index in [0.717, 1.165) is 4.57 Å². The van der Waals surface area contributed by atoms with Crippen molar-refractivity contribution in [3.8, 4) is 0 Å². The minimum Gasteiger partial charge on any atom is -0.480 e. The van der Waals surface area contributed by atoms with Gasteiger partial charge in [0.2, 0.25) is 11.8 Å². The number of amides is 2. The van der Waals surface area contributed by atoms with E-state index in [-0.39, 0.29) is 24.1 Å². The zero-order valence-electron chi connectivity index (χ0n) is 22.2. The molecule has 11 heteroatoms. The van der Waals surface area contributed by atoms with Gasteiger partial charge in [-0.25, -0.2) is 14.2 Å². The highest BCUT2D eigenvalue weighted by molar-refractivity contribution is 7.98. The summed E-state index contributed by atoms with van der Waals surface area (Å²) in [6.45, 7) is 3.61. The van der Waals surface area contributed by atoms with Gasteiger partial charge in [-0.05, 0) is 42.0 Å². The lowest BCUT2D eigenvalue weighted by Gasteiger charge is -2.28. The maximum Gasteiger partial charge on any atom is 0.329 e. The van der Waals surface area contributed by atoms with Gasteiger partial charge in [0.05, 0.1) is 10.9 Å². The predicted octanol–water partition coefficient (Wildman–Crippen LogP) is 2.33. The fourth-order valence-electron chi connectivity index (χ4n) is 4.30. The Morgan fingerprint density at radius 3 is 2.31 bits per heavy atom. The largest absolute Gasteiger partial charge is 0.480 e. The summed E-state index contributed by atoms with van der Waals surface area (Å²) in [5.41, 5.74) is -0.311. The number of hydrogen-bond acceptors (Lipinski definition) is 6. The molecule has 0 unspecified atom stereocenters. The highest BCUT2D eigenvalue weighted by Gasteiger charge is 2.33. The molecule has 1 heterocycles. The van der Waals surface area contributed by atoms with Crippen LogP contribution in [0.1, 0.15) is 38.3 Å². The van der Waals surface area contributed by atoms with Crippen molar-refractivity contribution in [3.63, 3.8) is 0 Å². The van der Waals surface area contributed by atoms with Crippen molar-refractivity contribution in [3.05, 3.63) is 81.0 Å². The number of aromatic nitrogens is 2. The van der Waals surface area contributed by atoms with E-state index in [0.29, 0.717) is 23.3 Å². The van der Waals surface area contributed by atoms with Crippen LogP contribution in [-0.2, 0) is 20.8 Å². The normalized spacial score (nSPS) is 14.2. The highest BCUT2D eigenvalue weighted by Crippen LogP contribution is 2.16. The number of aliphatic carboxylic acids is 1. The molecule has 0 fully saturated rings. The molecule has 0 saturated carbocycles. The third-order valence-corrected chi connectivity index (χ3v) is 7.39. The van der Waals surface area contributed by atoms with E-state index in [1.165, 1.54) is 11.8 Å². The van der Waals surface area contributed by atoms with Crippen LogP contribution in [0, 0.1) is 5.92 Å². The number of fused-ring (bicyclic) bond motifs is 1. The quantitative estimate of drug-likeness (QED) is 0.253. The maximum absolute atomic E-state index is 13.8. The van der Waals surface area contributed by atoms with Gasteiger partial charge in [-0.2, -0.15) is 11.8 Å². The average Bonchev–Trinajstić information content (AvgIpc) is 2.93. The topological polar surface area (TPSA) is 150 Å². The second-order valence-electron chi connectivity index (χ2n) is 9.41. The number of para-hydroxylation sites is 1. The Balaban J connectivity index is 2.00. The molecule has 0 aliphatic rings. The number of rotatable bonds is 13. The fraction of sp³-hybridized carbons (Fsp3) is 0.393. The van der Waals surface area contributed by atoms with Crippen LogP contribution in [-0.4, -0.2) is 56.5 Å². The van der Waals surface area contributed by atoms with Gasteiger partial charge >= 0.3 is 11.7 Å². The Morgan fingerprint density at radius 1 is 1.00 bits per heavy atom. The molecular formula is C28H34N4O6S. The van der Waals surface area contributed by atoms with Crippen molar-refractivity contribution in [2.75, 3.05) is 12.0 Å². The summed E-state index contributed by atoms with van der Waals surface area (Å²) in [6.07, 6.45) is 2.60. The lowest BCUT2D eigenvalue weighted by Crippen LogP contribution is -2.56. The number of carbonyl (C=O) groups is 3. The molecule has 1 aromatic heterocycles. The molecule has 39 heavy (non-hydrogen) atoms. The van der Waals surface area contributed by atoms with E-state index in [9.17, 15) is 29.1 Å². The predicted molar refractivity (Wildman–Crippen MR) is 152 cm³/mol. The summed E-state index contributed by atoms with van der Waals surface area (Å²) in [4.78, 5) is 68.0. The zero-order valence-corrected chi connectivity index (χ0v) is 23.0. The number of nitrogens with one attached hydrogen (secondary N) is 3. The van der Waals surface area contributed by atoms with E-state index in [1.54, 1.807) is 55.5 Å². The third-order valence-electron chi connectivity index (χ3n) is 6.74. The van der Waals surface area contributed by atoms with Gasteiger partial charge in [-0.3, -0.25) is 14.4 Å². The number of aromatic amines is 1. The molecule has 0 radical (unpaired) electrons. The standard InChI is InChI=1S/C28H34N4O6S/c1-4-17(2)23(25(34)29-21(27(36)37)14-15-39-3)31-24(33)22(16-18-10-6-5-7-11-18)32-26(35)19-12-8-9-13-20(19)30-28(32)38/h5-13,17,21-23H,4,14-16H2,1-3H3,(H,29,34)(H,30,38)(H,31,33)(H,36,37)/t17-,21-,22+,23-/m0/s1. The Labute approximate surface area is 230 Å². The summed E-state index contributed by atoms with van der Waals surface area (Å²) in [5.74, 6) is -2.32. The molecule has 0 aliphatic heterocycles. The molecule has 4 N–H and O–H groups in total. The smallest absolute Gasteiger partial charge is 0.329 e. The number of hydrogen-bond donors (Lipinski definition) is 4. The lowest BCUT2D eigenvalue weighted by molar-refractivity contribution is -0.142. The third kappa shape index (κ3) is 7.38. The van der Waals surface area contributed by atoms with Crippen LogP contribution in [0.15, 0.2) is 64.2 Å². The minimum absolute atomic E-state index is 0.0221. The van der Waals surface area contributed by atoms with E-state index >= 15 is 0 Å². The number of carboxylic acids is 1. The summed E-state index contributed by atoms with van der Waals surface area (Å²) in [7, 11) is 0. The van der Waals surface area contributed by atoms with Gasteiger partial charge < -0.3 is 20.7 Å². The monoisotopic (exact) mass is 554 g/mol. The second-order valence-corrected chi connectivity index (χ2v) is 10.4. The number of H-pyrrole nitrogens is 1. The van der Waals surface area contributed by atoms with Crippen LogP contribution < -0.4 is 21.9 Å². The van der Waals surface area contributed by atoms with Gasteiger partial charge in [-0.15, -0.1) is 0 Å². The Hall–Kier alpha value is -3.86. The Morgan fingerprint density at radius 2 is 1.67 bits per heavy atom. The van der Waals surface area contributed by atoms with Crippen LogP contribution in [0.2, 0.25) is 0 Å². The van der Waals surface area contributed by atoms with Crippen LogP contribution in [0.3, 0.4) is 0 Å². The second kappa shape index (κ2) is 13.8. The highest BCUT2D eigenvalue weighted by atomic mass is 32.2. The molecule has 2 aromatic carbocycles. The van der Waals surface area contributed by atoms with Crippen molar-refractivity contribution in [2.24, 2.45) is 5.92 Å². The summed E-state index contributed by atoms with van der Waals surface area (Å²) >= 11 is 1.46. The van der Waals surface area contributed by atoms with Gasteiger partial charge in [-0.1, -0.05) is 62.7 Å². The van der Waals surface area contributed by atoms with Gasteiger partial charge in [0.25, 0.3) is 5.56 Å². The van der Waals surface area contributed by atoms with Gasteiger partial charge in [0, 0.05) is 6.42 Å².